The third-order valence-corrected chi connectivity index (χ3v) is 4.75. The maximum Gasteiger partial charge on any atom is 0.223 e. The van der Waals surface area contributed by atoms with E-state index in [1.165, 1.54) is 11.3 Å². The molecular weight excluding hydrogens is 364 g/mol. The highest BCUT2D eigenvalue weighted by molar-refractivity contribution is 7.09. The number of amides is 1. The van der Waals surface area contributed by atoms with Crippen LogP contribution < -0.4 is 9.47 Å². The van der Waals surface area contributed by atoms with Gasteiger partial charge in [0, 0.05) is 25.5 Å². The van der Waals surface area contributed by atoms with E-state index >= 15 is 0 Å². The zero-order valence-corrected chi connectivity index (χ0v) is 17.3. The summed E-state index contributed by atoms with van der Waals surface area (Å²) in [5.74, 6) is 2.01. The van der Waals surface area contributed by atoms with Gasteiger partial charge >= 0.3 is 0 Å². The molecule has 0 unspecified atom stereocenters. The minimum atomic E-state index is 0.131. The van der Waals surface area contributed by atoms with Crippen LogP contribution in [-0.4, -0.2) is 43.2 Å². The standard InChI is InChI=1S/C20H28N2O4S/c1-15(2)11-20(23)22(9-10-24-3)12-16-14-27-19(21-16)13-26-18-7-5-17(25-4)6-8-18/h5-8,14-15H,9-13H2,1-4H3. The van der Waals surface area contributed by atoms with Gasteiger partial charge in [-0.15, -0.1) is 11.3 Å². The van der Waals surface area contributed by atoms with Crippen LogP contribution in [-0.2, 0) is 22.7 Å². The highest BCUT2D eigenvalue weighted by Gasteiger charge is 2.16. The van der Waals surface area contributed by atoms with E-state index in [0.717, 1.165) is 22.2 Å². The second kappa shape index (κ2) is 10.9. The van der Waals surface area contributed by atoms with Gasteiger partial charge in [-0.25, -0.2) is 4.98 Å². The van der Waals surface area contributed by atoms with Crippen LogP contribution in [0, 0.1) is 5.92 Å². The van der Waals surface area contributed by atoms with Gasteiger partial charge in [0.15, 0.2) is 0 Å². The Hall–Kier alpha value is -2.12. The van der Waals surface area contributed by atoms with Crippen molar-refractivity contribution >= 4 is 17.2 Å². The number of nitrogens with zero attached hydrogens (tertiary/aromatic N) is 2. The van der Waals surface area contributed by atoms with Crippen molar-refractivity contribution in [3.8, 4) is 11.5 Å². The maximum atomic E-state index is 12.4. The van der Waals surface area contributed by atoms with Gasteiger partial charge in [0.25, 0.3) is 0 Å². The molecule has 0 saturated heterocycles. The van der Waals surface area contributed by atoms with Crippen LogP contribution in [0.5, 0.6) is 11.5 Å². The Morgan fingerprint density at radius 1 is 1.19 bits per heavy atom. The second-order valence-electron chi connectivity index (χ2n) is 6.60. The molecule has 0 fully saturated rings. The molecule has 2 aromatic rings. The minimum Gasteiger partial charge on any atom is -0.497 e. The summed E-state index contributed by atoms with van der Waals surface area (Å²) in [5, 5.41) is 2.86. The molecule has 0 spiro atoms. The summed E-state index contributed by atoms with van der Waals surface area (Å²) < 4.78 is 16.0. The smallest absolute Gasteiger partial charge is 0.223 e. The Labute approximate surface area is 165 Å². The predicted octanol–water partition coefficient (Wildman–Crippen LogP) is 3.75. The van der Waals surface area contributed by atoms with E-state index in [1.807, 2.05) is 48.4 Å². The first kappa shape index (κ1) is 21.2. The monoisotopic (exact) mass is 392 g/mol. The third kappa shape index (κ3) is 7.19. The molecule has 0 aliphatic carbocycles. The number of aromatic nitrogens is 1. The van der Waals surface area contributed by atoms with Gasteiger partial charge in [0.05, 0.1) is 26.0 Å². The lowest BCUT2D eigenvalue weighted by molar-refractivity contribution is -0.133. The van der Waals surface area contributed by atoms with Crippen LogP contribution in [0.3, 0.4) is 0 Å². The van der Waals surface area contributed by atoms with Gasteiger partial charge in [-0.2, -0.15) is 0 Å². The normalized spacial score (nSPS) is 10.9. The van der Waals surface area contributed by atoms with Crippen LogP contribution in [0.1, 0.15) is 31.0 Å². The molecule has 0 bridgehead atoms. The molecule has 1 amide bonds. The van der Waals surface area contributed by atoms with Crippen LogP contribution in [0.4, 0.5) is 0 Å². The fourth-order valence-corrected chi connectivity index (χ4v) is 3.17. The van der Waals surface area contributed by atoms with Crippen LogP contribution in [0.15, 0.2) is 29.6 Å². The topological polar surface area (TPSA) is 60.9 Å². The van der Waals surface area contributed by atoms with Gasteiger partial charge in [-0.3, -0.25) is 4.79 Å². The summed E-state index contributed by atoms with van der Waals surface area (Å²) in [6, 6.07) is 7.45. The predicted molar refractivity (Wildman–Crippen MR) is 106 cm³/mol. The maximum absolute atomic E-state index is 12.4. The summed E-state index contributed by atoms with van der Waals surface area (Å²) in [5.41, 5.74) is 0.876. The van der Waals surface area contributed by atoms with Crippen molar-refractivity contribution < 1.29 is 19.0 Å². The third-order valence-electron chi connectivity index (χ3n) is 3.87. The number of thiazole rings is 1. The van der Waals surface area contributed by atoms with E-state index in [9.17, 15) is 4.79 Å². The SMILES string of the molecule is COCCN(Cc1csc(COc2ccc(OC)cc2)n1)C(=O)CC(C)C. The quantitative estimate of drug-likeness (QED) is 0.583. The van der Waals surface area contributed by atoms with Gasteiger partial charge < -0.3 is 19.1 Å². The molecule has 0 radical (unpaired) electrons. The minimum absolute atomic E-state index is 0.131. The van der Waals surface area contributed by atoms with Crippen molar-refractivity contribution in [2.24, 2.45) is 5.92 Å². The molecule has 1 aromatic carbocycles. The summed E-state index contributed by atoms with van der Waals surface area (Å²) in [6.07, 6.45) is 0.529. The van der Waals surface area contributed by atoms with Crippen molar-refractivity contribution in [1.29, 1.82) is 0 Å². The van der Waals surface area contributed by atoms with Crippen molar-refractivity contribution in [3.05, 3.63) is 40.3 Å². The molecule has 27 heavy (non-hydrogen) atoms. The van der Waals surface area contributed by atoms with E-state index in [2.05, 4.69) is 4.98 Å². The number of ether oxygens (including phenoxy) is 3. The first-order valence-electron chi connectivity index (χ1n) is 8.98. The van der Waals surface area contributed by atoms with Crippen LogP contribution in [0.25, 0.3) is 0 Å². The average Bonchev–Trinajstić information content (AvgIpc) is 3.10. The van der Waals surface area contributed by atoms with Crippen molar-refractivity contribution in [2.75, 3.05) is 27.4 Å². The zero-order valence-electron chi connectivity index (χ0n) is 16.4. The Morgan fingerprint density at radius 2 is 1.89 bits per heavy atom. The Kier molecular flexibility index (Phi) is 8.54. The number of methoxy groups -OCH3 is 2. The molecule has 2 rings (SSSR count). The van der Waals surface area contributed by atoms with Gasteiger partial charge in [-0.1, -0.05) is 13.8 Å². The largest absolute Gasteiger partial charge is 0.497 e. The van der Waals surface area contributed by atoms with E-state index in [-0.39, 0.29) is 5.91 Å². The van der Waals surface area contributed by atoms with Crippen LogP contribution >= 0.6 is 11.3 Å². The highest BCUT2D eigenvalue weighted by atomic mass is 32.1. The zero-order chi connectivity index (χ0) is 19.6. The number of carbonyl (C=O) groups is 1. The Bertz CT molecular complexity index is 700. The fraction of sp³-hybridized carbons (Fsp3) is 0.500. The Morgan fingerprint density at radius 3 is 2.52 bits per heavy atom. The van der Waals surface area contributed by atoms with E-state index in [0.29, 0.717) is 38.6 Å². The Balaban J connectivity index is 1.92. The van der Waals surface area contributed by atoms with Gasteiger partial charge in [0.1, 0.15) is 23.1 Å². The van der Waals surface area contributed by atoms with E-state index in [1.54, 1.807) is 14.2 Å². The highest BCUT2D eigenvalue weighted by Crippen LogP contribution is 2.20. The molecule has 0 atom stereocenters. The van der Waals surface area contributed by atoms with Crippen molar-refractivity contribution in [1.82, 2.24) is 9.88 Å². The lowest BCUT2D eigenvalue weighted by Crippen LogP contribution is -2.34. The van der Waals surface area contributed by atoms with Gasteiger partial charge in [-0.05, 0) is 30.2 Å². The molecule has 0 N–H and O–H groups in total. The first-order chi connectivity index (χ1) is 13.0. The lowest BCUT2D eigenvalue weighted by Gasteiger charge is -2.22. The average molecular weight is 393 g/mol. The summed E-state index contributed by atoms with van der Waals surface area (Å²) in [7, 11) is 3.28. The van der Waals surface area contributed by atoms with Crippen molar-refractivity contribution in [2.45, 2.75) is 33.4 Å². The number of hydrogen-bond donors (Lipinski definition) is 0. The molecular formula is C20H28N2O4S. The number of carbonyl (C=O) groups excluding carboxylic acids is 1. The van der Waals surface area contributed by atoms with E-state index < -0.39 is 0 Å². The molecule has 6 nitrogen and oxygen atoms in total. The lowest BCUT2D eigenvalue weighted by atomic mass is 10.1. The summed E-state index contributed by atoms with van der Waals surface area (Å²) in [6.45, 7) is 6.06. The van der Waals surface area contributed by atoms with E-state index in [4.69, 9.17) is 14.2 Å². The molecule has 0 aliphatic rings. The number of rotatable bonds is 11. The van der Waals surface area contributed by atoms with Crippen LogP contribution in [0.2, 0.25) is 0 Å². The molecule has 0 aliphatic heterocycles. The molecule has 1 heterocycles. The first-order valence-corrected chi connectivity index (χ1v) is 9.86. The number of hydrogen-bond acceptors (Lipinski definition) is 6. The summed E-state index contributed by atoms with van der Waals surface area (Å²) in [4.78, 5) is 18.9. The number of benzene rings is 1. The second-order valence-corrected chi connectivity index (χ2v) is 7.55. The van der Waals surface area contributed by atoms with Crippen molar-refractivity contribution in [3.63, 3.8) is 0 Å². The fourth-order valence-electron chi connectivity index (χ4n) is 2.47. The summed E-state index contributed by atoms with van der Waals surface area (Å²) >= 11 is 1.54. The molecule has 1 aromatic heterocycles. The molecule has 7 heteroatoms. The molecule has 148 valence electrons. The molecule has 0 saturated carbocycles. The van der Waals surface area contributed by atoms with Gasteiger partial charge in [0.2, 0.25) is 5.91 Å².